The van der Waals surface area contributed by atoms with Crippen LogP contribution >= 0.6 is 0 Å². The van der Waals surface area contributed by atoms with E-state index in [1.807, 2.05) is 6.92 Å². The highest BCUT2D eigenvalue weighted by Crippen LogP contribution is 2.38. The Morgan fingerprint density at radius 3 is 2.50 bits per heavy atom. The van der Waals surface area contributed by atoms with E-state index >= 15 is 0 Å². The first-order valence-electron chi connectivity index (χ1n) is 8.96. The van der Waals surface area contributed by atoms with Gasteiger partial charge in [0, 0.05) is 25.1 Å². The van der Waals surface area contributed by atoms with Crippen LogP contribution in [0, 0.1) is 6.92 Å². The van der Waals surface area contributed by atoms with Crippen LogP contribution in [0.2, 0.25) is 0 Å². The summed E-state index contributed by atoms with van der Waals surface area (Å²) in [5.41, 5.74) is 1.73. The van der Waals surface area contributed by atoms with Crippen LogP contribution in [0.25, 0.3) is 0 Å². The van der Waals surface area contributed by atoms with Crippen molar-refractivity contribution in [2.24, 2.45) is 0 Å². The molecule has 0 saturated carbocycles. The third-order valence-corrected chi connectivity index (χ3v) is 6.67. The number of anilines is 1. The summed E-state index contributed by atoms with van der Waals surface area (Å²) in [7, 11) is -2.37. The maximum Gasteiger partial charge on any atom is 0.264 e. The van der Waals surface area contributed by atoms with Gasteiger partial charge in [-0.15, -0.1) is 0 Å². The van der Waals surface area contributed by atoms with Crippen molar-refractivity contribution in [3.8, 4) is 5.75 Å². The number of ether oxygens (including phenoxy) is 1. The molecule has 2 aromatic carbocycles. The van der Waals surface area contributed by atoms with Gasteiger partial charge in [-0.25, -0.2) is 8.42 Å². The summed E-state index contributed by atoms with van der Waals surface area (Å²) in [6.07, 6.45) is -0.772. The molecule has 2 N–H and O–H groups in total. The van der Waals surface area contributed by atoms with Crippen LogP contribution < -0.4 is 14.4 Å². The zero-order valence-corrected chi connectivity index (χ0v) is 16.9. The second-order valence-corrected chi connectivity index (χ2v) is 8.72. The summed E-state index contributed by atoms with van der Waals surface area (Å²) >= 11 is 0. The fraction of sp³-hybridized carbons (Fsp3) is 0.350. The Morgan fingerprint density at radius 2 is 1.89 bits per heavy atom. The van der Waals surface area contributed by atoms with Crippen molar-refractivity contribution >= 4 is 21.6 Å². The minimum absolute atomic E-state index is 0.110. The second-order valence-electron chi connectivity index (χ2n) is 6.86. The van der Waals surface area contributed by atoms with E-state index in [-0.39, 0.29) is 23.8 Å². The fourth-order valence-electron chi connectivity index (χ4n) is 3.37. The lowest BCUT2D eigenvalue weighted by Gasteiger charge is -2.25. The molecular weight excluding hydrogens is 380 g/mol. The fourth-order valence-corrected chi connectivity index (χ4v) is 4.86. The highest BCUT2D eigenvalue weighted by Gasteiger charge is 2.35. The molecule has 1 amide bonds. The molecule has 0 fully saturated rings. The maximum atomic E-state index is 13.4. The molecule has 2 aromatic rings. The van der Waals surface area contributed by atoms with Gasteiger partial charge in [-0.2, -0.15) is 0 Å². The molecule has 0 radical (unpaired) electrons. The molecule has 0 saturated heterocycles. The van der Waals surface area contributed by atoms with Gasteiger partial charge in [0.2, 0.25) is 5.91 Å². The van der Waals surface area contributed by atoms with Crippen LogP contribution in [0.1, 0.15) is 30.6 Å². The van der Waals surface area contributed by atoms with Gasteiger partial charge >= 0.3 is 0 Å². The number of carbonyl (C=O) groups excluding carboxylic acids is 1. The van der Waals surface area contributed by atoms with Gasteiger partial charge in [-0.1, -0.05) is 23.8 Å². The van der Waals surface area contributed by atoms with Crippen molar-refractivity contribution in [2.75, 3.05) is 18.0 Å². The van der Waals surface area contributed by atoms with Gasteiger partial charge in [0.05, 0.1) is 23.7 Å². The summed E-state index contributed by atoms with van der Waals surface area (Å²) < 4.78 is 33.3. The number of nitrogens with zero attached hydrogens (tertiary/aromatic N) is 1. The number of hydrogen-bond acceptors (Lipinski definition) is 5. The van der Waals surface area contributed by atoms with Gasteiger partial charge < -0.3 is 15.2 Å². The number of benzene rings is 2. The molecule has 0 aliphatic carbocycles. The first kappa shape index (κ1) is 20.2. The highest BCUT2D eigenvalue weighted by atomic mass is 32.2. The van der Waals surface area contributed by atoms with Crippen LogP contribution in [0.5, 0.6) is 5.75 Å². The van der Waals surface area contributed by atoms with Crippen molar-refractivity contribution < 1.29 is 23.1 Å². The smallest absolute Gasteiger partial charge is 0.264 e. The van der Waals surface area contributed by atoms with Crippen LogP contribution in [0.15, 0.2) is 47.4 Å². The number of hydrogen-bond donors (Lipinski definition) is 2. The van der Waals surface area contributed by atoms with E-state index in [9.17, 15) is 18.3 Å². The Morgan fingerprint density at radius 1 is 1.21 bits per heavy atom. The number of fused-ring (bicyclic) bond motifs is 1. The van der Waals surface area contributed by atoms with Crippen molar-refractivity contribution in [3.05, 3.63) is 53.6 Å². The number of methoxy groups -OCH3 is 1. The molecule has 1 aliphatic heterocycles. The van der Waals surface area contributed by atoms with Crippen LogP contribution in [0.3, 0.4) is 0 Å². The monoisotopic (exact) mass is 404 g/mol. The molecule has 7 nitrogen and oxygen atoms in total. The molecule has 3 rings (SSSR count). The van der Waals surface area contributed by atoms with Gasteiger partial charge in [-0.3, -0.25) is 9.10 Å². The van der Waals surface area contributed by atoms with E-state index in [0.29, 0.717) is 17.0 Å². The number of amides is 1. The Hall–Kier alpha value is -2.58. The van der Waals surface area contributed by atoms with E-state index < -0.39 is 22.2 Å². The first-order valence-corrected chi connectivity index (χ1v) is 10.4. The maximum absolute atomic E-state index is 13.4. The standard InChI is InChI=1S/C20H24N2O5S/c1-13-4-7-16(8-5-13)28(25,26)22-11-10-18(21-14(2)23)20(24)17-9-6-15(27-3)12-19(17)22/h4-9,12,18,20,24H,10-11H2,1-3H3,(H,21,23)/t18-,20-/m0/s1. The average Bonchev–Trinajstić information content (AvgIpc) is 2.79. The average molecular weight is 404 g/mol. The van der Waals surface area contributed by atoms with E-state index in [1.165, 1.54) is 18.3 Å². The number of aliphatic hydroxyl groups excluding tert-OH is 1. The number of rotatable bonds is 4. The Balaban J connectivity index is 2.12. The Labute approximate surface area is 165 Å². The Kier molecular flexibility index (Phi) is 5.62. The van der Waals surface area contributed by atoms with E-state index in [0.717, 1.165) is 5.56 Å². The zero-order chi connectivity index (χ0) is 20.5. The quantitative estimate of drug-likeness (QED) is 0.814. The molecule has 1 aliphatic rings. The topological polar surface area (TPSA) is 95.9 Å². The lowest BCUT2D eigenvalue weighted by atomic mass is 10.00. The van der Waals surface area contributed by atoms with Gasteiger partial charge in [0.15, 0.2) is 0 Å². The number of aliphatic hydroxyl groups is 1. The van der Waals surface area contributed by atoms with Crippen molar-refractivity contribution in [1.29, 1.82) is 0 Å². The molecule has 0 aromatic heterocycles. The predicted octanol–water partition coefficient (Wildman–Crippen LogP) is 2.14. The molecule has 0 unspecified atom stereocenters. The van der Waals surface area contributed by atoms with E-state index in [1.54, 1.807) is 42.5 Å². The van der Waals surface area contributed by atoms with Gasteiger partial charge in [0.25, 0.3) is 10.0 Å². The number of sulfonamides is 1. The molecule has 2 atom stereocenters. The SMILES string of the molecule is COc1ccc2c(c1)N(S(=O)(=O)c1ccc(C)cc1)CC[C@H](NC(C)=O)[C@H]2O. The lowest BCUT2D eigenvalue weighted by molar-refractivity contribution is -0.120. The molecule has 28 heavy (non-hydrogen) atoms. The summed E-state index contributed by atoms with van der Waals surface area (Å²) in [5.74, 6) is 0.196. The lowest BCUT2D eigenvalue weighted by Crippen LogP contribution is -2.39. The third kappa shape index (κ3) is 3.83. The molecule has 0 bridgehead atoms. The molecular formula is C20H24N2O5S. The summed E-state index contributed by atoms with van der Waals surface area (Å²) in [4.78, 5) is 11.7. The van der Waals surface area contributed by atoms with E-state index in [2.05, 4.69) is 5.32 Å². The van der Waals surface area contributed by atoms with Crippen LogP contribution in [-0.2, 0) is 14.8 Å². The number of nitrogens with one attached hydrogen (secondary N) is 1. The first-order chi connectivity index (χ1) is 13.2. The van der Waals surface area contributed by atoms with Gasteiger partial charge in [-0.05, 0) is 31.5 Å². The Bertz CT molecular complexity index is 973. The van der Waals surface area contributed by atoms with Crippen LogP contribution in [-0.4, -0.2) is 39.1 Å². The van der Waals surface area contributed by atoms with Crippen molar-refractivity contribution in [2.45, 2.75) is 37.3 Å². The summed E-state index contributed by atoms with van der Waals surface area (Å²) in [6, 6.07) is 10.9. The number of aryl methyl sites for hydroxylation is 1. The minimum Gasteiger partial charge on any atom is -0.497 e. The largest absolute Gasteiger partial charge is 0.497 e. The zero-order valence-electron chi connectivity index (χ0n) is 16.0. The molecule has 8 heteroatoms. The summed E-state index contributed by atoms with van der Waals surface area (Å²) in [6.45, 7) is 3.36. The second kappa shape index (κ2) is 7.81. The summed E-state index contributed by atoms with van der Waals surface area (Å²) in [5, 5.41) is 13.5. The van der Waals surface area contributed by atoms with Crippen molar-refractivity contribution in [3.63, 3.8) is 0 Å². The van der Waals surface area contributed by atoms with Crippen LogP contribution in [0.4, 0.5) is 5.69 Å². The van der Waals surface area contributed by atoms with Gasteiger partial charge in [0.1, 0.15) is 11.9 Å². The minimum atomic E-state index is -3.86. The predicted molar refractivity (Wildman–Crippen MR) is 106 cm³/mol. The van der Waals surface area contributed by atoms with Crippen molar-refractivity contribution in [1.82, 2.24) is 5.32 Å². The molecule has 0 spiro atoms. The molecule has 1 heterocycles. The highest BCUT2D eigenvalue weighted by molar-refractivity contribution is 7.92. The molecule has 150 valence electrons. The third-order valence-electron chi connectivity index (χ3n) is 4.85. The van der Waals surface area contributed by atoms with E-state index in [4.69, 9.17) is 4.74 Å². The normalized spacial score (nSPS) is 19.5. The number of carbonyl (C=O) groups is 1.